The Morgan fingerprint density at radius 2 is 2.06 bits per heavy atom. The Bertz CT molecular complexity index is 237. The first-order valence-corrected chi connectivity index (χ1v) is 6.65. The summed E-state index contributed by atoms with van der Waals surface area (Å²) in [5.41, 5.74) is -0.172. The Labute approximate surface area is 97.9 Å². The molecule has 2 rings (SSSR count). The van der Waals surface area contributed by atoms with Gasteiger partial charge in [-0.15, -0.1) is 0 Å². The first kappa shape index (κ1) is 11.9. The molecular formula is C13H23NO2. The van der Waals surface area contributed by atoms with Crippen LogP contribution in [0.15, 0.2) is 0 Å². The van der Waals surface area contributed by atoms with E-state index in [4.69, 9.17) is 4.74 Å². The Hall–Kier alpha value is -0.570. The summed E-state index contributed by atoms with van der Waals surface area (Å²) in [6, 6.07) is 0. The maximum atomic E-state index is 12.2. The number of carbonyl (C=O) groups excluding carboxylic acids is 1. The van der Waals surface area contributed by atoms with Gasteiger partial charge < -0.3 is 10.1 Å². The Balaban J connectivity index is 1.89. The monoisotopic (exact) mass is 225 g/mol. The Kier molecular flexibility index (Phi) is 3.85. The van der Waals surface area contributed by atoms with Crippen LogP contribution < -0.4 is 5.32 Å². The predicted octanol–water partition coefficient (Wildman–Crippen LogP) is 2.11. The summed E-state index contributed by atoms with van der Waals surface area (Å²) < 4.78 is 5.49. The molecule has 16 heavy (non-hydrogen) atoms. The van der Waals surface area contributed by atoms with Gasteiger partial charge in [0, 0.05) is 0 Å². The molecule has 0 atom stereocenters. The number of rotatable bonds is 5. The molecule has 0 aromatic carbocycles. The van der Waals surface area contributed by atoms with Crippen LogP contribution in [0.3, 0.4) is 0 Å². The molecule has 0 amide bonds. The lowest BCUT2D eigenvalue weighted by Gasteiger charge is -2.35. The normalized spacial score (nSPS) is 24.1. The molecule has 1 saturated carbocycles. The number of hydrogen-bond donors (Lipinski definition) is 1. The summed E-state index contributed by atoms with van der Waals surface area (Å²) in [4.78, 5) is 12.2. The van der Waals surface area contributed by atoms with E-state index in [9.17, 15) is 4.79 Å². The van der Waals surface area contributed by atoms with Gasteiger partial charge >= 0.3 is 5.97 Å². The summed E-state index contributed by atoms with van der Waals surface area (Å²) in [5.74, 6) is 0.743. The molecular weight excluding hydrogens is 202 g/mol. The first-order valence-electron chi connectivity index (χ1n) is 6.65. The van der Waals surface area contributed by atoms with Crippen LogP contribution in [-0.4, -0.2) is 25.7 Å². The number of hydrogen-bond acceptors (Lipinski definition) is 3. The fourth-order valence-corrected chi connectivity index (χ4v) is 2.57. The fraction of sp³-hybridized carbons (Fsp3) is 0.923. The van der Waals surface area contributed by atoms with Crippen molar-refractivity contribution in [2.45, 2.75) is 45.4 Å². The lowest BCUT2D eigenvalue weighted by atomic mass is 9.75. The standard InChI is InChI=1S/C13H23NO2/c1-2-5-13(6-8-14-9-7-13)12(15)16-10-11-3-4-11/h11,14H,2-10H2,1H3. The van der Waals surface area contributed by atoms with E-state index in [0.29, 0.717) is 12.5 Å². The average Bonchev–Trinajstić information content (AvgIpc) is 3.11. The minimum Gasteiger partial charge on any atom is -0.465 e. The molecule has 0 aromatic rings. The third-order valence-corrected chi connectivity index (χ3v) is 3.87. The Morgan fingerprint density at radius 3 is 2.62 bits per heavy atom. The second kappa shape index (κ2) is 5.17. The zero-order chi connectivity index (χ0) is 11.4. The van der Waals surface area contributed by atoms with Crippen LogP contribution >= 0.6 is 0 Å². The molecule has 2 aliphatic rings. The van der Waals surface area contributed by atoms with Crippen LogP contribution in [0, 0.1) is 11.3 Å². The van der Waals surface area contributed by atoms with E-state index in [-0.39, 0.29) is 11.4 Å². The highest BCUT2D eigenvalue weighted by atomic mass is 16.5. The molecule has 1 saturated heterocycles. The van der Waals surface area contributed by atoms with Crippen molar-refractivity contribution in [3.63, 3.8) is 0 Å². The van der Waals surface area contributed by atoms with Gasteiger partial charge in [-0.25, -0.2) is 0 Å². The smallest absolute Gasteiger partial charge is 0.312 e. The van der Waals surface area contributed by atoms with Gasteiger partial charge in [0.15, 0.2) is 0 Å². The van der Waals surface area contributed by atoms with Gasteiger partial charge in [-0.1, -0.05) is 13.3 Å². The second-order valence-corrected chi connectivity index (χ2v) is 5.32. The molecule has 1 aliphatic carbocycles. The van der Waals surface area contributed by atoms with E-state index in [1.54, 1.807) is 0 Å². The lowest BCUT2D eigenvalue weighted by molar-refractivity contribution is -0.158. The largest absolute Gasteiger partial charge is 0.465 e. The molecule has 0 bridgehead atoms. The summed E-state index contributed by atoms with van der Waals surface area (Å²) in [6.07, 6.45) is 6.44. The number of nitrogens with one attached hydrogen (secondary N) is 1. The number of esters is 1. The van der Waals surface area contributed by atoms with Crippen LogP contribution in [0.2, 0.25) is 0 Å². The van der Waals surface area contributed by atoms with Crippen molar-refractivity contribution in [3.8, 4) is 0 Å². The van der Waals surface area contributed by atoms with Gasteiger partial charge in [0.1, 0.15) is 0 Å². The highest BCUT2D eigenvalue weighted by Gasteiger charge is 2.40. The number of ether oxygens (including phenoxy) is 1. The molecule has 2 fully saturated rings. The third-order valence-electron chi connectivity index (χ3n) is 3.87. The second-order valence-electron chi connectivity index (χ2n) is 5.32. The van der Waals surface area contributed by atoms with Gasteiger partial charge in [0.25, 0.3) is 0 Å². The molecule has 0 aromatic heterocycles. The van der Waals surface area contributed by atoms with Crippen LogP contribution in [0.1, 0.15) is 45.4 Å². The van der Waals surface area contributed by atoms with E-state index in [2.05, 4.69) is 12.2 Å². The highest BCUT2D eigenvalue weighted by Crippen LogP contribution is 2.36. The third kappa shape index (κ3) is 2.76. The first-order chi connectivity index (χ1) is 7.77. The van der Waals surface area contributed by atoms with E-state index in [1.165, 1.54) is 12.8 Å². The summed E-state index contributed by atoms with van der Waals surface area (Å²) >= 11 is 0. The average molecular weight is 225 g/mol. The Morgan fingerprint density at radius 1 is 1.38 bits per heavy atom. The van der Waals surface area contributed by atoms with Crippen LogP contribution in [-0.2, 0) is 9.53 Å². The fourth-order valence-electron chi connectivity index (χ4n) is 2.57. The maximum absolute atomic E-state index is 12.2. The molecule has 1 aliphatic heterocycles. The van der Waals surface area contributed by atoms with Crippen LogP contribution in [0.4, 0.5) is 0 Å². The van der Waals surface area contributed by atoms with Crippen molar-refractivity contribution in [1.82, 2.24) is 5.32 Å². The molecule has 0 spiro atoms. The summed E-state index contributed by atoms with van der Waals surface area (Å²) in [6.45, 7) is 4.73. The number of carbonyl (C=O) groups is 1. The maximum Gasteiger partial charge on any atom is 0.312 e. The molecule has 1 heterocycles. The molecule has 3 heteroatoms. The van der Waals surface area contributed by atoms with Crippen LogP contribution in [0.5, 0.6) is 0 Å². The minimum atomic E-state index is -0.172. The van der Waals surface area contributed by atoms with Gasteiger partial charge in [-0.3, -0.25) is 4.79 Å². The van der Waals surface area contributed by atoms with E-state index in [1.807, 2.05) is 0 Å². The van der Waals surface area contributed by atoms with E-state index >= 15 is 0 Å². The molecule has 92 valence electrons. The molecule has 0 unspecified atom stereocenters. The van der Waals surface area contributed by atoms with Crippen LogP contribution in [0.25, 0.3) is 0 Å². The lowest BCUT2D eigenvalue weighted by Crippen LogP contribution is -2.43. The zero-order valence-electron chi connectivity index (χ0n) is 10.3. The van der Waals surface area contributed by atoms with Gasteiger partial charge in [0.2, 0.25) is 0 Å². The minimum absolute atomic E-state index is 0.0720. The van der Waals surface area contributed by atoms with Gasteiger partial charge in [0.05, 0.1) is 12.0 Å². The summed E-state index contributed by atoms with van der Waals surface area (Å²) in [5, 5.41) is 3.32. The van der Waals surface area contributed by atoms with E-state index < -0.39 is 0 Å². The highest BCUT2D eigenvalue weighted by molar-refractivity contribution is 5.77. The van der Waals surface area contributed by atoms with Crippen molar-refractivity contribution in [3.05, 3.63) is 0 Å². The summed E-state index contributed by atoms with van der Waals surface area (Å²) in [7, 11) is 0. The van der Waals surface area contributed by atoms with Crippen molar-refractivity contribution in [2.24, 2.45) is 11.3 Å². The van der Waals surface area contributed by atoms with Gasteiger partial charge in [-0.2, -0.15) is 0 Å². The van der Waals surface area contributed by atoms with Crippen molar-refractivity contribution >= 4 is 5.97 Å². The molecule has 1 N–H and O–H groups in total. The van der Waals surface area contributed by atoms with Crippen molar-refractivity contribution in [1.29, 1.82) is 0 Å². The van der Waals surface area contributed by atoms with E-state index in [0.717, 1.165) is 38.8 Å². The zero-order valence-corrected chi connectivity index (χ0v) is 10.3. The molecule has 0 radical (unpaired) electrons. The quantitative estimate of drug-likeness (QED) is 0.728. The number of piperidine rings is 1. The SMILES string of the molecule is CCCC1(C(=O)OCC2CC2)CCNCC1. The van der Waals surface area contributed by atoms with Crippen molar-refractivity contribution in [2.75, 3.05) is 19.7 Å². The molecule has 3 nitrogen and oxygen atoms in total. The van der Waals surface area contributed by atoms with Crippen molar-refractivity contribution < 1.29 is 9.53 Å². The van der Waals surface area contributed by atoms with Gasteiger partial charge in [-0.05, 0) is 51.1 Å². The predicted molar refractivity (Wildman–Crippen MR) is 63.1 cm³/mol. The topological polar surface area (TPSA) is 38.3 Å².